The second kappa shape index (κ2) is 5.74. The van der Waals surface area contributed by atoms with E-state index in [1.807, 2.05) is 18.2 Å². The van der Waals surface area contributed by atoms with Crippen LogP contribution in [0.25, 0.3) is 11.3 Å². The van der Waals surface area contributed by atoms with Crippen LogP contribution in [0.5, 0.6) is 0 Å². The summed E-state index contributed by atoms with van der Waals surface area (Å²) in [6, 6.07) is 12.1. The maximum atomic E-state index is 12.0. The number of H-pyrrole nitrogens is 1. The molecule has 1 aromatic carbocycles. The number of nitrogens with one attached hydrogen (secondary N) is 1. The molecule has 1 atom stereocenters. The highest BCUT2D eigenvalue weighted by molar-refractivity contribution is 5.67. The largest absolute Gasteiger partial charge is 0.377 e. The van der Waals surface area contributed by atoms with Gasteiger partial charge < -0.3 is 14.6 Å². The maximum absolute atomic E-state index is 12.0. The summed E-state index contributed by atoms with van der Waals surface area (Å²) in [6.07, 6.45) is 0. The molecule has 0 radical (unpaired) electrons. The van der Waals surface area contributed by atoms with Gasteiger partial charge >= 0.3 is 0 Å². The number of aromatic nitrogens is 1. The molecule has 0 spiro atoms. The minimum atomic E-state index is -0.0653. The Morgan fingerprint density at radius 2 is 2.10 bits per heavy atom. The van der Waals surface area contributed by atoms with Crippen LogP contribution < -0.4 is 10.5 Å². The number of hydrogen-bond donors (Lipinski definition) is 1. The van der Waals surface area contributed by atoms with Gasteiger partial charge in [-0.25, -0.2) is 0 Å². The Hall–Kier alpha value is -2.07. The molecule has 2 heterocycles. The normalized spacial score (nSPS) is 18.8. The summed E-state index contributed by atoms with van der Waals surface area (Å²) >= 11 is 0. The lowest BCUT2D eigenvalue weighted by atomic mass is 10.0. The van der Waals surface area contributed by atoms with Gasteiger partial charge in [0, 0.05) is 29.9 Å². The van der Waals surface area contributed by atoms with E-state index in [4.69, 9.17) is 4.74 Å². The predicted octanol–water partition coefficient (Wildman–Crippen LogP) is 2.58. The maximum Gasteiger partial charge on any atom is 0.250 e. The minimum absolute atomic E-state index is 0.0653. The minimum Gasteiger partial charge on any atom is -0.377 e. The Bertz CT molecular complexity index is 693. The molecule has 1 aliphatic heterocycles. The molecule has 4 heteroatoms. The molecule has 4 nitrogen and oxygen atoms in total. The van der Waals surface area contributed by atoms with Gasteiger partial charge in [-0.1, -0.05) is 24.3 Å². The van der Waals surface area contributed by atoms with Crippen LogP contribution in [0, 0.1) is 6.92 Å². The SMILES string of the molecule is Cc1ccccc1-c1cc(N2CCOCC2C)cc(=O)[nH]1. The van der Waals surface area contributed by atoms with Gasteiger partial charge in [-0.15, -0.1) is 0 Å². The fourth-order valence-corrected chi connectivity index (χ4v) is 2.83. The summed E-state index contributed by atoms with van der Waals surface area (Å²) in [6.45, 7) is 6.40. The van der Waals surface area contributed by atoms with Gasteiger partial charge in [0.05, 0.1) is 18.9 Å². The number of ether oxygens (including phenoxy) is 1. The third-order valence-corrected chi connectivity index (χ3v) is 3.96. The summed E-state index contributed by atoms with van der Waals surface area (Å²) in [5.74, 6) is 0. The van der Waals surface area contributed by atoms with Crippen LogP contribution in [0.3, 0.4) is 0 Å². The van der Waals surface area contributed by atoms with E-state index in [1.54, 1.807) is 6.07 Å². The van der Waals surface area contributed by atoms with Crippen molar-refractivity contribution in [2.75, 3.05) is 24.7 Å². The Balaban J connectivity index is 2.04. The quantitative estimate of drug-likeness (QED) is 0.922. The van der Waals surface area contributed by atoms with Gasteiger partial charge in [0.1, 0.15) is 0 Å². The van der Waals surface area contributed by atoms with E-state index in [1.165, 1.54) is 0 Å². The Kier molecular flexibility index (Phi) is 3.80. The van der Waals surface area contributed by atoms with Gasteiger partial charge in [0.15, 0.2) is 0 Å². The Morgan fingerprint density at radius 3 is 2.86 bits per heavy atom. The van der Waals surface area contributed by atoms with Gasteiger partial charge in [-0.05, 0) is 25.5 Å². The summed E-state index contributed by atoms with van der Waals surface area (Å²) in [5.41, 5.74) is 3.99. The van der Waals surface area contributed by atoms with E-state index in [9.17, 15) is 4.79 Å². The number of morpholine rings is 1. The number of pyridine rings is 1. The lowest BCUT2D eigenvalue weighted by Gasteiger charge is -2.35. The van der Waals surface area contributed by atoms with E-state index in [0.29, 0.717) is 13.2 Å². The highest BCUT2D eigenvalue weighted by Gasteiger charge is 2.20. The van der Waals surface area contributed by atoms with Crippen molar-refractivity contribution in [1.29, 1.82) is 0 Å². The van der Waals surface area contributed by atoms with Crippen molar-refractivity contribution < 1.29 is 4.74 Å². The number of aromatic amines is 1. The number of benzene rings is 1. The van der Waals surface area contributed by atoms with E-state index >= 15 is 0 Å². The van der Waals surface area contributed by atoms with Crippen molar-refractivity contribution >= 4 is 5.69 Å². The second-order valence-corrected chi connectivity index (χ2v) is 5.55. The van der Waals surface area contributed by atoms with Crippen molar-refractivity contribution in [3.63, 3.8) is 0 Å². The van der Waals surface area contributed by atoms with Crippen molar-refractivity contribution in [2.24, 2.45) is 0 Å². The number of anilines is 1. The fourth-order valence-electron chi connectivity index (χ4n) is 2.83. The fraction of sp³-hybridized carbons (Fsp3) is 0.353. The smallest absolute Gasteiger partial charge is 0.250 e. The van der Waals surface area contributed by atoms with Gasteiger partial charge in [-0.3, -0.25) is 4.79 Å². The first kappa shape index (κ1) is 13.9. The third kappa shape index (κ3) is 2.85. The van der Waals surface area contributed by atoms with Crippen LogP contribution in [0.15, 0.2) is 41.2 Å². The Labute approximate surface area is 124 Å². The van der Waals surface area contributed by atoms with E-state index in [-0.39, 0.29) is 11.6 Å². The first-order valence-electron chi connectivity index (χ1n) is 7.30. The molecular formula is C17H20N2O2. The molecule has 0 saturated carbocycles. The molecule has 1 N–H and O–H groups in total. The molecule has 0 bridgehead atoms. The molecule has 1 saturated heterocycles. The lowest BCUT2D eigenvalue weighted by molar-refractivity contribution is 0.0989. The van der Waals surface area contributed by atoms with E-state index in [2.05, 4.69) is 35.9 Å². The second-order valence-electron chi connectivity index (χ2n) is 5.55. The molecule has 0 aliphatic carbocycles. The van der Waals surface area contributed by atoms with Crippen LogP contribution >= 0.6 is 0 Å². The summed E-state index contributed by atoms with van der Waals surface area (Å²) in [4.78, 5) is 17.2. The molecule has 2 aromatic rings. The van der Waals surface area contributed by atoms with Crippen molar-refractivity contribution in [3.8, 4) is 11.3 Å². The summed E-state index contributed by atoms with van der Waals surface area (Å²) in [5, 5.41) is 0. The molecular weight excluding hydrogens is 264 g/mol. The predicted molar refractivity (Wildman–Crippen MR) is 84.9 cm³/mol. The summed E-state index contributed by atoms with van der Waals surface area (Å²) < 4.78 is 5.47. The van der Waals surface area contributed by atoms with Crippen LogP contribution in [-0.2, 0) is 4.74 Å². The third-order valence-electron chi connectivity index (χ3n) is 3.96. The average molecular weight is 284 g/mol. The molecule has 110 valence electrons. The molecule has 1 aliphatic rings. The van der Waals surface area contributed by atoms with Crippen molar-refractivity contribution in [2.45, 2.75) is 19.9 Å². The van der Waals surface area contributed by atoms with Crippen LogP contribution in [0.2, 0.25) is 0 Å². The van der Waals surface area contributed by atoms with Crippen LogP contribution in [0.4, 0.5) is 5.69 Å². The summed E-state index contributed by atoms with van der Waals surface area (Å²) in [7, 11) is 0. The van der Waals surface area contributed by atoms with Gasteiger partial charge in [-0.2, -0.15) is 0 Å². The number of aryl methyl sites for hydroxylation is 1. The Morgan fingerprint density at radius 1 is 1.29 bits per heavy atom. The molecule has 3 rings (SSSR count). The van der Waals surface area contributed by atoms with E-state index < -0.39 is 0 Å². The molecule has 1 unspecified atom stereocenters. The molecule has 21 heavy (non-hydrogen) atoms. The first-order valence-corrected chi connectivity index (χ1v) is 7.30. The van der Waals surface area contributed by atoms with Crippen molar-refractivity contribution in [3.05, 3.63) is 52.3 Å². The number of rotatable bonds is 2. The average Bonchev–Trinajstić information content (AvgIpc) is 2.47. The highest BCUT2D eigenvalue weighted by Crippen LogP contribution is 2.25. The van der Waals surface area contributed by atoms with Crippen molar-refractivity contribution in [1.82, 2.24) is 4.98 Å². The topological polar surface area (TPSA) is 45.3 Å². The van der Waals surface area contributed by atoms with Crippen LogP contribution in [-0.4, -0.2) is 30.8 Å². The molecule has 1 fully saturated rings. The zero-order valence-electron chi connectivity index (χ0n) is 12.4. The first-order chi connectivity index (χ1) is 10.1. The lowest BCUT2D eigenvalue weighted by Crippen LogP contribution is -2.44. The highest BCUT2D eigenvalue weighted by atomic mass is 16.5. The molecule has 1 aromatic heterocycles. The molecule has 0 amide bonds. The zero-order valence-corrected chi connectivity index (χ0v) is 12.4. The standard InChI is InChI=1S/C17H20N2O2/c1-12-5-3-4-6-15(12)16-9-14(10-17(20)18-16)19-7-8-21-11-13(19)2/h3-6,9-10,13H,7-8,11H2,1-2H3,(H,18,20). The van der Waals surface area contributed by atoms with Gasteiger partial charge in [0.2, 0.25) is 5.56 Å². The van der Waals surface area contributed by atoms with Crippen LogP contribution in [0.1, 0.15) is 12.5 Å². The monoisotopic (exact) mass is 284 g/mol. The van der Waals surface area contributed by atoms with E-state index in [0.717, 1.165) is 29.1 Å². The van der Waals surface area contributed by atoms with Gasteiger partial charge in [0.25, 0.3) is 0 Å². The zero-order chi connectivity index (χ0) is 14.8. The number of nitrogens with zero attached hydrogens (tertiary/aromatic N) is 1. The number of hydrogen-bond acceptors (Lipinski definition) is 3.